The Hall–Kier alpha value is -3.05. The van der Waals surface area contributed by atoms with E-state index >= 15 is 0 Å². The van der Waals surface area contributed by atoms with Crippen molar-refractivity contribution in [2.75, 3.05) is 19.0 Å². The molecule has 0 fully saturated rings. The third-order valence-electron chi connectivity index (χ3n) is 4.42. The fraction of sp³-hybridized carbons (Fsp3) is 0.182. The van der Waals surface area contributed by atoms with Crippen molar-refractivity contribution in [3.05, 3.63) is 71.2 Å². The first kappa shape index (κ1) is 19.7. The molecular formula is C22H20ClNO4. The van der Waals surface area contributed by atoms with Crippen molar-refractivity contribution in [3.63, 3.8) is 0 Å². The maximum absolute atomic E-state index is 12.4. The molecule has 28 heavy (non-hydrogen) atoms. The number of amides is 1. The number of hydrogen-bond acceptors (Lipinski definition) is 4. The molecule has 0 radical (unpaired) electrons. The molecule has 0 aliphatic carbocycles. The van der Waals surface area contributed by atoms with Crippen LogP contribution in [0.5, 0.6) is 5.75 Å². The van der Waals surface area contributed by atoms with Gasteiger partial charge in [0.1, 0.15) is 5.75 Å². The van der Waals surface area contributed by atoms with E-state index in [-0.39, 0.29) is 6.61 Å². The summed E-state index contributed by atoms with van der Waals surface area (Å²) >= 11 is 6.00. The molecule has 0 aliphatic rings. The van der Waals surface area contributed by atoms with E-state index in [1.807, 2.05) is 36.4 Å². The van der Waals surface area contributed by atoms with Crippen LogP contribution >= 0.6 is 11.6 Å². The average Bonchev–Trinajstić information content (AvgIpc) is 2.72. The Labute approximate surface area is 168 Å². The maximum atomic E-state index is 12.4. The predicted octanol–water partition coefficient (Wildman–Crippen LogP) is 4.79. The van der Waals surface area contributed by atoms with E-state index in [1.165, 1.54) is 0 Å². The number of carbonyl (C=O) groups is 2. The molecule has 0 saturated carbocycles. The number of esters is 1. The molecule has 6 heteroatoms. The van der Waals surface area contributed by atoms with Gasteiger partial charge in [0.2, 0.25) is 0 Å². The highest BCUT2D eigenvalue weighted by Crippen LogP contribution is 2.26. The monoisotopic (exact) mass is 397 g/mol. The number of nitrogens with one attached hydrogen (secondary N) is 1. The lowest BCUT2D eigenvalue weighted by atomic mass is 9.98. The first-order valence-electron chi connectivity index (χ1n) is 8.76. The number of anilines is 1. The lowest BCUT2D eigenvalue weighted by molar-refractivity contribution is -0.148. The summed E-state index contributed by atoms with van der Waals surface area (Å²) in [5, 5.41) is 5.05. The summed E-state index contributed by atoms with van der Waals surface area (Å²) in [5.41, 5.74) is 1.29. The zero-order valence-corrected chi connectivity index (χ0v) is 16.3. The van der Waals surface area contributed by atoms with Crippen LogP contribution in [-0.2, 0) is 14.3 Å². The zero-order valence-electron chi connectivity index (χ0n) is 15.6. The molecule has 0 saturated heterocycles. The molecule has 0 bridgehead atoms. The summed E-state index contributed by atoms with van der Waals surface area (Å²) in [7, 11) is 1.62. The fourth-order valence-electron chi connectivity index (χ4n) is 2.79. The second-order valence-electron chi connectivity index (χ2n) is 6.33. The lowest BCUT2D eigenvalue weighted by Gasteiger charge is -2.13. The van der Waals surface area contributed by atoms with Gasteiger partial charge in [-0.1, -0.05) is 48.0 Å². The number of methoxy groups -OCH3 is 1. The van der Waals surface area contributed by atoms with Gasteiger partial charge in [-0.05, 0) is 47.5 Å². The molecule has 0 unspecified atom stereocenters. The minimum Gasteiger partial charge on any atom is -0.497 e. The van der Waals surface area contributed by atoms with Crippen LogP contribution in [0.4, 0.5) is 5.69 Å². The summed E-state index contributed by atoms with van der Waals surface area (Å²) in [5.74, 6) is -0.640. The van der Waals surface area contributed by atoms with Crippen molar-refractivity contribution < 1.29 is 19.1 Å². The number of carbonyl (C=O) groups excluding carboxylic acids is 2. The Bertz CT molecular complexity index is 1020. The van der Waals surface area contributed by atoms with E-state index in [0.717, 1.165) is 22.1 Å². The highest BCUT2D eigenvalue weighted by molar-refractivity contribution is 6.33. The Morgan fingerprint density at radius 1 is 1.04 bits per heavy atom. The van der Waals surface area contributed by atoms with Gasteiger partial charge in [-0.3, -0.25) is 9.59 Å². The number of rotatable bonds is 6. The van der Waals surface area contributed by atoms with Gasteiger partial charge in [0.15, 0.2) is 6.61 Å². The van der Waals surface area contributed by atoms with Crippen LogP contribution in [0, 0.1) is 0 Å². The van der Waals surface area contributed by atoms with Crippen LogP contribution in [0.2, 0.25) is 5.02 Å². The minimum atomic E-state index is -0.500. The maximum Gasteiger partial charge on any atom is 0.313 e. The average molecular weight is 398 g/mol. The molecule has 144 valence electrons. The number of halogens is 1. The zero-order chi connectivity index (χ0) is 20.1. The third-order valence-corrected chi connectivity index (χ3v) is 4.75. The molecule has 5 nitrogen and oxygen atoms in total. The van der Waals surface area contributed by atoms with Crippen molar-refractivity contribution in [3.8, 4) is 5.75 Å². The highest BCUT2D eigenvalue weighted by atomic mass is 35.5. The Balaban J connectivity index is 1.61. The van der Waals surface area contributed by atoms with Crippen molar-refractivity contribution in [2.45, 2.75) is 12.8 Å². The molecule has 3 rings (SSSR count). The van der Waals surface area contributed by atoms with E-state index in [9.17, 15) is 9.59 Å². The van der Waals surface area contributed by atoms with Crippen molar-refractivity contribution in [2.24, 2.45) is 0 Å². The number of benzene rings is 3. The fourth-order valence-corrected chi connectivity index (χ4v) is 2.97. The quantitative estimate of drug-likeness (QED) is 0.607. The second kappa shape index (κ2) is 8.76. The molecular weight excluding hydrogens is 378 g/mol. The van der Waals surface area contributed by atoms with E-state index in [2.05, 4.69) is 5.32 Å². The van der Waals surface area contributed by atoms with E-state index in [0.29, 0.717) is 10.7 Å². The highest BCUT2D eigenvalue weighted by Gasteiger charge is 2.19. The standard InChI is InChI=1S/C22H20ClNO4/c1-14(15-7-8-17-12-18(27-2)10-9-16(17)11-15)22(26)28-13-21(25)24-20-6-4-3-5-19(20)23/h3-12,14H,13H2,1-2H3,(H,24,25)/t14-/m0/s1. The summed E-state index contributed by atoms with van der Waals surface area (Å²) in [6.45, 7) is 1.37. The van der Waals surface area contributed by atoms with Crippen LogP contribution in [-0.4, -0.2) is 25.6 Å². The summed E-state index contributed by atoms with van der Waals surface area (Å²) in [6.07, 6.45) is 0. The van der Waals surface area contributed by atoms with Crippen LogP contribution < -0.4 is 10.1 Å². The second-order valence-corrected chi connectivity index (χ2v) is 6.74. The first-order valence-corrected chi connectivity index (χ1v) is 9.14. The smallest absolute Gasteiger partial charge is 0.313 e. The minimum absolute atomic E-state index is 0.376. The van der Waals surface area contributed by atoms with Gasteiger partial charge in [-0.2, -0.15) is 0 Å². The van der Waals surface area contributed by atoms with Gasteiger partial charge in [-0.15, -0.1) is 0 Å². The molecule has 0 aliphatic heterocycles. The normalized spacial score (nSPS) is 11.7. The summed E-state index contributed by atoms with van der Waals surface area (Å²) < 4.78 is 10.4. The van der Waals surface area contributed by atoms with E-state index in [4.69, 9.17) is 21.1 Å². The van der Waals surface area contributed by atoms with Crippen LogP contribution in [0.3, 0.4) is 0 Å². The van der Waals surface area contributed by atoms with Gasteiger partial charge in [-0.25, -0.2) is 0 Å². The van der Waals surface area contributed by atoms with Crippen LogP contribution in [0.1, 0.15) is 18.4 Å². The number of hydrogen-bond donors (Lipinski definition) is 1. The van der Waals surface area contributed by atoms with Crippen LogP contribution in [0.15, 0.2) is 60.7 Å². The van der Waals surface area contributed by atoms with Crippen molar-refractivity contribution in [1.29, 1.82) is 0 Å². The summed E-state index contributed by atoms with van der Waals surface area (Å²) in [6, 6.07) is 18.3. The molecule has 3 aromatic carbocycles. The predicted molar refractivity (Wildman–Crippen MR) is 110 cm³/mol. The van der Waals surface area contributed by atoms with Crippen molar-refractivity contribution in [1.82, 2.24) is 0 Å². The Morgan fingerprint density at radius 3 is 2.50 bits per heavy atom. The number of fused-ring (bicyclic) bond motifs is 1. The largest absolute Gasteiger partial charge is 0.497 e. The lowest BCUT2D eigenvalue weighted by Crippen LogP contribution is -2.23. The Kier molecular flexibility index (Phi) is 6.16. The molecule has 1 atom stereocenters. The van der Waals surface area contributed by atoms with Crippen molar-refractivity contribution >= 4 is 39.9 Å². The Morgan fingerprint density at radius 2 is 1.75 bits per heavy atom. The van der Waals surface area contributed by atoms with Gasteiger partial charge >= 0.3 is 5.97 Å². The summed E-state index contributed by atoms with van der Waals surface area (Å²) in [4.78, 5) is 24.4. The number of ether oxygens (including phenoxy) is 2. The molecule has 1 N–H and O–H groups in total. The molecule has 1 amide bonds. The first-order chi connectivity index (χ1) is 13.5. The van der Waals surface area contributed by atoms with Gasteiger partial charge in [0.25, 0.3) is 5.91 Å². The SMILES string of the molecule is COc1ccc2cc([C@H](C)C(=O)OCC(=O)Nc3ccccc3Cl)ccc2c1. The van der Waals surface area contributed by atoms with E-state index < -0.39 is 17.8 Å². The molecule has 0 spiro atoms. The molecule has 3 aromatic rings. The third kappa shape index (κ3) is 4.61. The van der Waals surface area contributed by atoms with Gasteiger partial charge in [0.05, 0.1) is 23.7 Å². The molecule has 0 heterocycles. The van der Waals surface area contributed by atoms with Gasteiger partial charge in [0, 0.05) is 0 Å². The number of para-hydroxylation sites is 1. The topological polar surface area (TPSA) is 64.6 Å². The van der Waals surface area contributed by atoms with Gasteiger partial charge < -0.3 is 14.8 Å². The molecule has 0 aromatic heterocycles. The van der Waals surface area contributed by atoms with Crippen LogP contribution in [0.25, 0.3) is 10.8 Å². The van der Waals surface area contributed by atoms with E-state index in [1.54, 1.807) is 38.3 Å².